The molecule has 0 radical (unpaired) electrons. The lowest BCUT2D eigenvalue weighted by atomic mass is 10.1. The van der Waals surface area contributed by atoms with Gasteiger partial charge in [0.05, 0.1) is 0 Å². The fraction of sp³-hybridized carbons (Fsp3) is 0.562. The fourth-order valence-corrected chi connectivity index (χ4v) is 2.26. The van der Waals surface area contributed by atoms with Crippen LogP contribution in [0.5, 0.6) is 0 Å². The molecule has 112 valence electrons. The van der Waals surface area contributed by atoms with Crippen LogP contribution in [0.25, 0.3) is 0 Å². The number of hydrogen-bond acceptors (Lipinski definition) is 2. The highest BCUT2D eigenvalue weighted by atomic mass is 19.1. The summed E-state index contributed by atoms with van der Waals surface area (Å²) in [5, 5.41) is 3.03. The molecule has 0 aliphatic heterocycles. The molecular formula is C16H25FN2O. The van der Waals surface area contributed by atoms with E-state index in [1.165, 1.54) is 12.1 Å². The van der Waals surface area contributed by atoms with Gasteiger partial charge in [0.1, 0.15) is 5.82 Å². The highest BCUT2D eigenvalue weighted by molar-refractivity contribution is 5.78. The molecule has 0 aliphatic rings. The van der Waals surface area contributed by atoms with Crippen molar-refractivity contribution in [2.45, 2.75) is 26.7 Å². The smallest absolute Gasteiger partial charge is 0.226 e. The van der Waals surface area contributed by atoms with Gasteiger partial charge < -0.3 is 10.2 Å². The van der Waals surface area contributed by atoms with E-state index < -0.39 is 0 Å². The molecule has 0 spiro atoms. The van der Waals surface area contributed by atoms with E-state index >= 15 is 0 Å². The average molecular weight is 280 g/mol. The molecule has 3 nitrogen and oxygen atoms in total. The number of halogens is 1. The number of carbonyl (C=O) groups excluding carboxylic acids is 1. The summed E-state index contributed by atoms with van der Waals surface area (Å²) in [5.41, 5.74) is 0.931. The van der Waals surface area contributed by atoms with Gasteiger partial charge in [-0.2, -0.15) is 0 Å². The zero-order chi connectivity index (χ0) is 15.0. The molecule has 1 aromatic carbocycles. The molecule has 0 aliphatic carbocycles. The summed E-state index contributed by atoms with van der Waals surface area (Å²) in [6.07, 6.45) is 1.62. The minimum Gasteiger partial charge on any atom is -0.342 e. The van der Waals surface area contributed by atoms with Crippen molar-refractivity contribution in [2.75, 3.05) is 26.7 Å². The first-order valence-corrected chi connectivity index (χ1v) is 7.26. The molecular weight excluding hydrogens is 255 g/mol. The van der Waals surface area contributed by atoms with Crippen LogP contribution in [-0.4, -0.2) is 37.5 Å². The Morgan fingerprint density at radius 3 is 2.75 bits per heavy atom. The van der Waals surface area contributed by atoms with Crippen molar-refractivity contribution in [3.05, 3.63) is 35.6 Å². The maximum absolute atomic E-state index is 13.1. The Balaban J connectivity index is 2.60. The molecule has 0 fully saturated rings. The number of benzene rings is 1. The molecule has 0 aromatic heterocycles. The van der Waals surface area contributed by atoms with Gasteiger partial charge in [0.2, 0.25) is 5.91 Å². The fourth-order valence-electron chi connectivity index (χ4n) is 2.26. The third-order valence-electron chi connectivity index (χ3n) is 3.30. The second-order valence-corrected chi connectivity index (χ2v) is 5.16. The molecule has 1 aromatic rings. The first-order chi connectivity index (χ1) is 9.58. The van der Waals surface area contributed by atoms with Gasteiger partial charge in [-0.25, -0.2) is 4.39 Å². The Kier molecular flexibility index (Phi) is 7.23. The molecule has 0 bridgehead atoms. The summed E-state index contributed by atoms with van der Waals surface area (Å²) in [7, 11) is 1.85. The number of amides is 1. The van der Waals surface area contributed by atoms with E-state index in [2.05, 4.69) is 12.2 Å². The third-order valence-corrected chi connectivity index (χ3v) is 3.30. The quantitative estimate of drug-likeness (QED) is 0.793. The van der Waals surface area contributed by atoms with Crippen LogP contribution in [0.1, 0.15) is 25.8 Å². The lowest BCUT2D eigenvalue weighted by Crippen LogP contribution is -2.40. The molecule has 1 amide bonds. The van der Waals surface area contributed by atoms with Crippen LogP contribution >= 0.6 is 0 Å². The van der Waals surface area contributed by atoms with Crippen molar-refractivity contribution < 1.29 is 9.18 Å². The van der Waals surface area contributed by atoms with Crippen LogP contribution in [0.15, 0.2) is 24.3 Å². The number of carbonyl (C=O) groups is 1. The lowest BCUT2D eigenvalue weighted by molar-refractivity contribution is -0.134. The number of nitrogens with zero attached hydrogens (tertiary/aromatic N) is 1. The van der Waals surface area contributed by atoms with Crippen LogP contribution < -0.4 is 5.32 Å². The van der Waals surface area contributed by atoms with Gasteiger partial charge in [0.25, 0.3) is 0 Å². The summed E-state index contributed by atoms with van der Waals surface area (Å²) >= 11 is 0. The maximum atomic E-state index is 13.1. The predicted molar refractivity (Wildman–Crippen MR) is 80.1 cm³/mol. The van der Waals surface area contributed by atoms with Crippen molar-refractivity contribution in [1.82, 2.24) is 10.2 Å². The van der Waals surface area contributed by atoms with Crippen molar-refractivity contribution in [2.24, 2.45) is 5.92 Å². The SMILES string of the molecule is CCCN(CCc1cccc(F)c1)C(=O)C(C)CNC. The summed E-state index contributed by atoms with van der Waals surface area (Å²) < 4.78 is 13.1. The lowest BCUT2D eigenvalue weighted by Gasteiger charge is -2.25. The van der Waals surface area contributed by atoms with Gasteiger partial charge in [0, 0.05) is 25.6 Å². The highest BCUT2D eigenvalue weighted by Gasteiger charge is 2.19. The monoisotopic (exact) mass is 280 g/mol. The van der Waals surface area contributed by atoms with Gasteiger partial charge >= 0.3 is 0 Å². The first kappa shape index (κ1) is 16.6. The number of hydrogen-bond donors (Lipinski definition) is 1. The van der Waals surface area contributed by atoms with E-state index in [9.17, 15) is 9.18 Å². The number of nitrogens with one attached hydrogen (secondary N) is 1. The molecule has 1 rings (SSSR count). The van der Waals surface area contributed by atoms with Crippen LogP contribution in [-0.2, 0) is 11.2 Å². The molecule has 1 atom stereocenters. The first-order valence-electron chi connectivity index (χ1n) is 7.26. The Hall–Kier alpha value is -1.42. The van der Waals surface area contributed by atoms with Gasteiger partial charge in [-0.1, -0.05) is 26.0 Å². The molecule has 4 heteroatoms. The van der Waals surface area contributed by atoms with Crippen molar-refractivity contribution in [3.63, 3.8) is 0 Å². The normalized spacial score (nSPS) is 12.2. The Bertz CT molecular complexity index is 423. The topological polar surface area (TPSA) is 32.3 Å². The van der Waals surface area contributed by atoms with Gasteiger partial charge in [-0.15, -0.1) is 0 Å². The molecule has 0 saturated carbocycles. The van der Waals surface area contributed by atoms with Crippen LogP contribution in [0.4, 0.5) is 4.39 Å². The predicted octanol–water partition coefficient (Wildman–Crippen LogP) is 2.46. The van der Waals surface area contributed by atoms with E-state index in [0.717, 1.165) is 18.5 Å². The van der Waals surface area contributed by atoms with Crippen molar-refractivity contribution in [1.29, 1.82) is 0 Å². The van der Waals surface area contributed by atoms with E-state index in [-0.39, 0.29) is 17.6 Å². The van der Waals surface area contributed by atoms with Crippen LogP contribution in [0.2, 0.25) is 0 Å². The standard InChI is InChI=1S/C16H25FN2O/c1-4-9-19(16(20)13(2)12-18-3)10-8-14-6-5-7-15(17)11-14/h5-7,11,13,18H,4,8-10,12H2,1-3H3. The third kappa shape index (κ3) is 5.29. The van der Waals surface area contributed by atoms with Gasteiger partial charge in [-0.3, -0.25) is 4.79 Å². The van der Waals surface area contributed by atoms with Gasteiger partial charge in [0.15, 0.2) is 0 Å². The Morgan fingerprint density at radius 2 is 2.15 bits per heavy atom. The average Bonchev–Trinajstić information content (AvgIpc) is 2.43. The Labute approximate surface area is 121 Å². The Morgan fingerprint density at radius 1 is 1.40 bits per heavy atom. The van der Waals surface area contributed by atoms with Gasteiger partial charge in [-0.05, 0) is 37.6 Å². The van der Waals surface area contributed by atoms with E-state index in [0.29, 0.717) is 19.5 Å². The molecule has 0 heterocycles. The molecule has 1 unspecified atom stereocenters. The van der Waals surface area contributed by atoms with Crippen LogP contribution in [0, 0.1) is 11.7 Å². The molecule has 1 N–H and O–H groups in total. The van der Waals surface area contributed by atoms with E-state index in [1.807, 2.05) is 24.9 Å². The zero-order valence-electron chi connectivity index (χ0n) is 12.7. The van der Waals surface area contributed by atoms with Crippen LogP contribution in [0.3, 0.4) is 0 Å². The second kappa shape index (κ2) is 8.69. The second-order valence-electron chi connectivity index (χ2n) is 5.16. The zero-order valence-corrected chi connectivity index (χ0v) is 12.7. The summed E-state index contributed by atoms with van der Waals surface area (Å²) in [5.74, 6) is -0.0870. The minimum absolute atomic E-state index is 0.0286. The van der Waals surface area contributed by atoms with E-state index in [4.69, 9.17) is 0 Å². The summed E-state index contributed by atoms with van der Waals surface area (Å²) in [6, 6.07) is 6.58. The van der Waals surface area contributed by atoms with Crippen molar-refractivity contribution >= 4 is 5.91 Å². The van der Waals surface area contributed by atoms with Crippen molar-refractivity contribution in [3.8, 4) is 0 Å². The number of rotatable bonds is 8. The minimum atomic E-state index is -0.223. The highest BCUT2D eigenvalue weighted by Crippen LogP contribution is 2.08. The largest absolute Gasteiger partial charge is 0.342 e. The van der Waals surface area contributed by atoms with E-state index in [1.54, 1.807) is 6.07 Å². The molecule has 20 heavy (non-hydrogen) atoms. The molecule has 0 saturated heterocycles. The summed E-state index contributed by atoms with van der Waals surface area (Å²) in [4.78, 5) is 14.2. The summed E-state index contributed by atoms with van der Waals surface area (Å²) in [6.45, 7) is 6.07. The maximum Gasteiger partial charge on any atom is 0.226 e.